The fourth-order valence-electron chi connectivity index (χ4n) is 3.00. The Bertz CT molecular complexity index is 1150. The first-order valence-corrected chi connectivity index (χ1v) is 14.8. The van der Waals surface area contributed by atoms with Gasteiger partial charge >= 0.3 is 0 Å². The molecule has 0 aliphatic heterocycles. The monoisotopic (exact) mass is 588 g/mol. The van der Waals surface area contributed by atoms with Crippen molar-refractivity contribution >= 4 is 11.3 Å². The van der Waals surface area contributed by atoms with Gasteiger partial charge < -0.3 is 26.5 Å². The molecule has 0 saturated carbocycles. The second kappa shape index (κ2) is 29.3. The summed E-state index contributed by atoms with van der Waals surface area (Å²) in [5.74, 6) is 0. The number of benzene rings is 1. The number of hydrogen-bond acceptors (Lipinski definition) is 4. The van der Waals surface area contributed by atoms with Crippen LogP contribution in [0.4, 0.5) is 5.69 Å². The van der Waals surface area contributed by atoms with Gasteiger partial charge in [-0.2, -0.15) is 0 Å². The molecule has 0 atom stereocenters. The number of nitrogens with two attached hydrogens (primary N) is 2. The maximum Gasteiger partial charge on any atom is 0.0463 e. The molecule has 1 heterocycles. The van der Waals surface area contributed by atoms with E-state index < -0.39 is 0 Å². The predicted octanol–water partition coefficient (Wildman–Crippen LogP) is 10.4. The van der Waals surface area contributed by atoms with Gasteiger partial charge in [-0.05, 0) is 101 Å². The Hall–Kier alpha value is -4.18. The fourth-order valence-corrected chi connectivity index (χ4v) is 3.00. The molecule has 5 heteroatoms. The molecule has 0 unspecified atom stereocenters. The summed E-state index contributed by atoms with van der Waals surface area (Å²) in [5, 5.41) is 3.19. The average molecular weight is 589 g/mol. The van der Waals surface area contributed by atoms with E-state index in [-0.39, 0.29) is 0 Å². The van der Waals surface area contributed by atoms with Crippen molar-refractivity contribution in [1.29, 1.82) is 0 Å². The molecule has 43 heavy (non-hydrogen) atoms. The number of ether oxygens (including phenoxy) is 1. The van der Waals surface area contributed by atoms with Crippen LogP contribution in [-0.4, -0.2) is 18.2 Å². The molecule has 0 spiro atoms. The smallest absolute Gasteiger partial charge is 0.0463 e. The lowest BCUT2D eigenvalue weighted by atomic mass is 10.1. The lowest BCUT2D eigenvalue weighted by molar-refractivity contribution is 0.135. The first kappa shape index (κ1) is 43.3. The fraction of sp³-hybridized carbons (Fsp3) is 0.342. The van der Waals surface area contributed by atoms with Crippen LogP contribution in [0.2, 0.25) is 0 Å². The van der Waals surface area contributed by atoms with Gasteiger partial charge in [0.2, 0.25) is 0 Å². The number of nitrogens with one attached hydrogen (secondary N) is 2. The highest BCUT2D eigenvalue weighted by Crippen LogP contribution is 2.25. The summed E-state index contributed by atoms with van der Waals surface area (Å²) in [4.78, 5) is 3.36. The lowest BCUT2D eigenvalue weighted by Crippen LogP contribution is -2.09. The van der Waals surface area contributed by atoms with E-state index in [9.17, 15) is 0 Å². The Morgan fingerprint density at radius 3 is 1.86 bits per heavy atom. The maximum absolute atomic E-state index is 5.66. The third-order valence-electron chi connectivity index (χ3n) is 5.24. The third kappa shape index (κ3) is 24.2. The first-order valence-electron chi connectivity index (χ1n) is 14.8. The molecule has 5 nitrogen and oxygen atoms in total. The molecule has 1 aromatic heterocycles. The zero-order chi connectivity index (χ0) is 33.6. The highest BCUT2D eigenvalue weighted by molar-refractivity contribution is 5.72. The summed E-state index contributed by atoms with van der Waals surface area (Å²) in [6.07, 6.45) is 12.6. The van der Waals surface area contributed by atoms with E-state index in [2.05, 4.69) is 82.7 Å². The van der Waals surface area contributed by atoms with Crippen LogP contribution >= 0.6 is 0 Å². The van der Waals surface area contributed by atoms with E-state index >= 15 is 0 Å². The first-order chi connectivity index (χ1) is 20.5. The minimum Gasteiger partial charge on any atom is -0.399 e. The van der Waals surface area contributed by atoms with Crippen molar-refractivity contribution in [3.8, 4) is 11.3 Å². The van der Waals surface area contributed by atoms with E-state index in [1.165, 1.54) is 5.56 Å². The van der Waals surface area contributed by atoms with Gasteiger partial charge in [-0.3, -0.25) is 0 Å². The second-order valence-corrected chi connectivity index (χ2v) is 9.34. The predicted molar refractivity (Wildman–Crippen MR) is 196 cm³/mol. The molecule has 0 aliphatic rings. The molecule has 0 radical (unpaired) electrons. The Labute approximate surface area is 264 Å². The molecule has 0 aliphatic carbocycles. The number of aryl methyl sites for hydroxylation is 1. The lowest BCUT2D eigenvalue weighted by Gasteiger charge is -2.07. The van der Waals surface area contributed by atoms with Crippen molar-refractivity contribution in [3.63, 3.8) is 0 Å². The molecule has 2 aromatic rings. The molecule has 0 fully saturated rings. The molecular weight excluding hydrogens is 528 g/mol. The molecule has 6 N–H and O–H groups in total. The minimum atomic E-state index is 0.758. The Balaban J connectivity index is -0.000000538. The highest BCUT2D eigenvalue weighted by atomic mass is 16.5. The number of nitrogen functional groups attached to an aromatic ring is 1. The number of H-pyrrole nitrogens is 1. The summed E-state index contributed by atoms with van der Waals surface area (Å²) in [7, 11) is 0. The molecular formula is C38H60N4O. The summed E-state index contributed by atoms with van der Waals surface area (Å²) >= 11 is 0. The molecule has 0 saturated heterocycles. The summed E-state index contributed by atoms with van der Waals surface area (Å²) in [6, 6.07) is 9.98. The van der Waals surface area contributed by atoms with Crippen LogP contribution in [0.15, 0.2) is 116 Å². The SMILES string of the molecule is C=C(C)c1cc(-c2ccc(N)cc2)[nH]c1C.C=C(CC)NC(/C=C\C(N)=C\C)=C/C.C=C=C.C=CC.CCCOCCC. The number of anilines is 1. The second-order valence-electron chi connectivity index (χ2n) is 9.34. The van der Waals surface area contributed by atoms with Crippen LogP contribution in [0.25, 0.3) is 16.8 Å². The van der Waals surface area contributed by atoms with E-state index in [4.69, 9.17) is 16.2 Å². The van der Waals surface area contributed by atoms with Gasteiger partial charge in [-0.1, -0.05) is 77.4 Å². The number of aromatic amines is 1. The van der Waals surface area contributed by atoms with Crippen LogP contribution in [-0.2, 0) is 4.74 Å². The average Bonchev–Trinajstić information content (AvgIpc) is 3.39. The van der Waals surface area contributed by atoms with E-state index in [0.29, 0.717) is 0 Å². The quantitative estimate of drug-likeness (QED) is 0.0691. The minimum absolute atomic E-state index is 0.758. The van der Waals surface area contributed by atoms with E-state index in [0.717, 1.165) is 77.8 Å². The van der Waals surface area contributed by atoms with Crippen molar-refractivity contribution in [1.82, 2.24) is 10.3 Å². The Morgan fingerprint density at radius 1 is 0.977 bits per heavy atom. The van der Waals surface area contributed by atoms with Crippen LogP contribution in [0.5, 0.6) is 0 Å². The Morgan fingerprint density at radius 2 is 1.49 bits per heavy atom. The summed E-state index contributed by atoms with van der Waals surface area (Å²) in [5.41, 5.74) is 22.8. The van der Waals surface area contributed by atoms with Crippen LogP contribution in [0.3, 0.4) is 0 Å². The molecule has 0 amide bonds. The van der Waals surface area contributed by atoms with Crippen LogP contribution in [0.1, 0.15) is 79.0 Å². The summed E-state index contributed by atoms with van der Waals surface area (Å²) < 4.78 is 5.13. The number of aromatic nitrogens is 1. The van der Waals surface area contributed by atoms with Crippen LogP contribution in [0, 0.1) is 6.92 Å². The van der Waals surface area contributed by atoms with Gasteiger partial charge in [0.15, 0.2) is 0 Å². The van der Waals surface area contributed by atoms with Gasteiger partial charge in [0.1, 0.15) is 0 Å². The van der Waals surface area contributed by atoms with Crippen molar-refractivity contribution in [2.24, 2.45) is 5.73 Å². The van der Waals surface area contributed by atoms with Crippen molar-refractivity contribution in [2.75, 3.05) is 18.9 Å². The zero-order valence-corrected chi connectivity index (χ0v) is 28.4. The van der Waals surface area contributed by atoms with E-state index in [1.807, 2.05) is 76.3 Å². The van der Waals surface area contributed by atoms with Crippen molar-refractivity contribution in [3.05, 3.63) is 128 Å². The highest BCUT2D eigenvalue weighted by Gasteiger charge is 2.06. The zero-order valence-electron chi connectivity index (χ0n) is 28.4. The third-order valence-corrected chi connectivity index (χ3v) is 5.24. The number of rotatable bonds is 11. The van der Waals surface area contributed by atoms with Crippen LogP contribution < -0.4 is 16.8 Å². The van der Waals surface area contributed by atoms with Crippen molar-refractivity contribution < 1.29 is 4.74 Å². The Kier molecular flexibility index (Phi) is 29.5. The van der Waals surface area contributed by atoms with Gasteiger partial charge in [-0.15, -0.1) is 12.3 Å². The molecule has 2 rings (SSSR count). The van der Waals surface area contributed by atoms with Crippen molar-refractivity contribution in [2.45, 2.75) is 74.7 Å². The van der Waals surface area contributed by atoms with Gasteiger partial charge in [0.05, 0.1) is 0 Å². The topological polar surface area (TPSA) is 89.1 Å². The molecule has 1 aromatic carbocycles. The summed E-state index contributed by atoms with van der Waals surface area (Å²) in [6.45, 7) is 35.5. The van der Waals surface area contributed by atoms with Gasteiger partial charge in [0.25, 0.3) is 0 Å². The van der Waals surface area contributed by atoms with E-state index in [1.54, 1.807) is 6.08 Å². The number of hydrogen-bond donors (Lipinski definition) is 4. The maximum atomic E-state index is 5.66. The largest absolute Gasteiger partial charge is 0.399 e. The standard InChI is InChI=1S/C14H16N2.C12H20N2.C6H14O.C3H6.C3H4/c1-9(2)13-8-14(16-10(13)3)11-4-6-12(15)7-5-11;1-5-10(4)14-12(7-3)9-8-11(13)6-2;1-3-5-7-6-4-2;2*1-3-2/h4-8,16H,1,15H2,2-3H3;6-9,14H,4-5,13H2,1-3H3;3-6H2,1-2H3;3H,1H2,2H3;1-2H2/b;9-8-,11-6-,12-7+;;;. The normalized spacial score (nSPS) is 10.2. The molecule has 0 bridgehead atoms. The van der Waals surface area contributed by atoms with Gasteiger partial charge in [-0.25, -0.2) is 0 Å². The number of allylic oxidation sites excluding steroid dienone is 7. The van der Waals surface area contributed by atoms with Gasteiger partial charge in [0, 0.05) is 47.4 Å². The molecule has 238 valence electrons.